The molecule has 0 unspecified atom stereocenters. The molecule has 0 aliphatic carbocycles. The van der Waals surface area contributed by atoms with Gasteiger partial charge >= 0.3 is 6.03 Å². The summed E-state index contributed by atoms with van der Waals surface area (Å²) in [6, 6.07) is 3.42. The van der Waals surface area contributed by atoms with E-state index in [1.807, 2.05) is 24.0 Å². The predicted octanol–water partition coefficient (Wildman–Crippen LogP) is 3.16. The molecule has 5 nitrogen and oxygen atoms in total. The molecule has 3 amide bonds. The first-order valence-corrected chi connectivity index (χ1v) is 8.83. The molecule has 2 heterocycles. The lowest BCUT2D eigenvalue weighted by Gasteiger charge is -2.21. The first-order valence-electron chi connectivity index (χ1n) is 7.63. The molecule has 1 atom stereocenters. The third-order valence-corrected chi connectivity index (χ3v) is 5.12. The second kappa shape index (κ2) is 8.39. The molecule has 0 radical (unpaired) electrons. The van der Waals surface area contributed by atoms with Crippen molar-refractivity contribution in [3.8, 4) is 0 Å². The Hall–Kier alpha value is -1.27. The summed E-state index contributed by atoms with van der Waals surface area (Å²) in [5.74, 6) is 0.196. The molecule has 1 aliphatic rings. The van der Waals surface area contributed by atoms with Gasteiger partial charge in [0.2, 0.25) is 5.91 Å². The van der Waals surface area contributed by atoms with E-state index in [-0.39, 0.29) is 18.0 Å². The van der Waals surface area contributed by atoms with E-state index in [1.54, 1.807) is 0 Å². The summed E-state index contributed by atoms with van der Waals surface area (Å²) in [6.45, 7) is 3.76. The highest BCUT2D eigenvalue weighted by Gasteiger charge is 2.16. The van der Waals surface area contributed by atoms with E-state index < -0.39 is 0 Å². The van der Waals surface area contributed by atoms with Crippen molar-refractivity contribution in [3.05, 3.63) is 21.3 Å². The van der Waals surface area contributed by atoms with Gasteiger partial charge in [0.05, 0.1) is 10.4 Å². The molecule has 22 heavy (non-hydrogen) atoms. The zero-order valence-corrected chi connectivity index (χ0v) is 14.3. The Bertz CT molecular complexity index is 521. The number of hydrogen-bond donors (Lipinski definition) is 2. The van der Waals surface area contributed by atoms with E-state index in [0.717, 1.165) is 30.7 Å². The Labute approximate surface area is 140 Å². The minimum Gasteiger partial charge on any atom is -0.341 e. The molecule has 0 bridgehead atoms. The van der Waals surface area contributed by atoms with Gasteiger partial charge in [-0.05, 0) is 31.9 Å². The molecule has 7 heteroatoms. The number of nitrogens with zero attached hydrogens (tertiary/aromatic N) is 1. The highest BCUT2D eigenvalue weighted by molar-refractivity contribution is 7.16. The van der Waals surface area contributed by atoms with Gasteiger partial charge in [-0.2, -0.15) is 0 Å². The van der Waals surface area contributed by atoms with Crippen molar-refractivity contribution >= 4 is 34.9 Å². The molecule has 0 saturated carbocycles. The van der Waals surface area contributed by atoms with Gasteiger partial charge in [-0.15, -0.1) is 11.3 Å². The quantitative estimate of drug-likeness (QED) is 0.862. The standard InChI is InChI=1S/C15H22ClN3O2S/c1-11(12-6-7-13(16)22-12)18-15(21)17-8-10-19-9-4-2-3-5-14(19)20/h6-7,11H,2-5,8-10H2,1H3,(H2,17,18,21)/t11-/m0/s1. The van der Waals surface area contributed by atoms with Crippen LogP contribution in [0, 0.1) is 0 Å². The van der Waals surface area contributed by atoms with Gasteiger partial charge in [-0.3, -0.25) is 4.79 Å². The number of halogens is 1. The van der Waals surface area contributed by atoms with Gasteiger partial charge in [-0.25, -0.2) is 4.79 Å². The molecule has 1 aliphatic heterocycles. The molecular weight excluding hydrogens is 322 g/mol. The van der Waals surface area contributed by atoms with Gasteiger partial charge in [0, 0.05) is 30.9 Å². The van der Waals surface area contributed by atoms with Gasteiger partial charge < -0.3 is 15.5 Å². The summed E-state index contributed by atoms with van der Waals surface area (Å²) in [7, 11) is 0. The molecule has 0 aromatic carbocycles. The van der Waals surface area contributed by atoms with Crippen molar-refractivity contribution < 1.29 is 9.59 Å². The Morgan fingerprint density at radius 2 is 2.23 bits per heavy atom. The van der Waals surface area contributed by atoms with Crippen molar-refractivity contribution in [2.75, 3.05) is 19.6 Å². The van der Waals surface area contributed by atoms with Gasteiger partial charge in [0.25, 0.3) is 0 Å². The topological polar surface area (TPSA) is 61.4 Å². The third kappa shape index (κ3) is 5.18. The summed E-state index contributed by atoms with van der Waals surface area (Å²) < 4.78 is 0.712. The van der Waals surface area contributed by atoms with E-state index in [4.69, 9.17) is 11.6 Å². The maximum absolute atomic E-state index is 11.9. The number of likely N-dealkylation sites (tertiary alicyclic amines) is 1. The van der Waals surface area contributed by atoms with Crippen LogP contribution in [0.15, 0.2) is 12.1 Å². The van der Waals surface area contributed by atoms with Crippen LogP contribution in [-0.4, -0.2) is 36.5 Å². The molecular formula is C15H22ClN3O2S. The number of carbonyl (C=O) groups is 2. The van der Waals surface area contributed by atoms with E-state index in [9.17, 15) is 9.59 Å². The van der Waals surface area contributed by atoms with Gasteiger partial charge in [0.15, 0.2) is 0 Å². The second-order valence-electron chi connectivity index (χ2n) is 5.46. The van der Waals surface area contributed by atoms with Crippen molar-refractivity contribution in [2.24, 2.45) is 0 Å². The summed E-state index contributed by atoms with van der Waals surface area (Å²) >= 11 is 7.35. The van der Waals surface area contributed by atoms with E-state index in [0.29, 0.717) is 23.8 Å². The largest absolute Gasteiger partial charge is 0.341 e. The van der Waals surface area contributed by atoms with Crippen LogP contribution in [0.5, 0.6) is 0 Å². The molecule has 0 spiro atoms. The maximum Gasteiger partial charge on any atom is 0.315 e. The first-order chi connectivity index (χ1) is 10.6. The number of urea groups is 1. The summed E-state index contributed by atoms with van der Waals surface area (Å²) in [6.07, 6.45) is 3.76. The van der Waals surface area contributed by atoms with Crippen LogP contribution in [-0.2, 0) is 4.79 Å². The van der Waals surface area contributed by atoms with Crippen LogP contribution in [0.1, 0.15) is 43.5 Å². The molecule has 1 fully saturated rings. The highest BCUT2D eigenvalue weighted by atomic mass is 35.5. The van der Waals surface area contributed by atoms with Crippen LogP contribution in [0.2, 0.25) is 4.34 Å². The minimum absolute atomic E-state index is 0.0858. The molecule has 2 N–H and O–H groups in total. The SMILES string of the molecule is C[C@H](NC(=O)NCCN1CCCCCC1=O)c1ccc(Cl)s1. The van der Waals surface area contributed by atoms with E-state index in [1.165, 1.54) is 11.3 Å². The summed E-state index contributed by atoms with van der Waals surface area (Å²) in [5, 5.41) is 5.68. The van der Waals surface area contributed by atoms with Crippen LogP contribution in [0.25, 0.3) is 0 Å². The third-order valence-electron chi connectivity index (χ3n) is 3.71. The minimum atomic E-state index is -0.223. The number of rotatable bonds is 5. The molecule has 1 aromatic heterocycles. The maximum atomic E-state index is 11.9. The molecule has 122 valence electrons. The highest BCUT2D eigenvalue weighted by Crippen LogP contribution is 2.26. The molecule has 1 aromatic rings. The van der Waals surface area contributed by atoms with E-state index >= 15 is 0 Å². The van der Waals surface area contributed by atoms with E-state index in [2.05, 4.69) is 10.6 Å². The second-order valence-corrected chi connectivity index (χ2v) is 7.20. The molecule has 1 saturated heterocycles. The number of amides is 3. The average Bonchev–Trinajstić information content (AvgIpc) is 2.81. The molecule has 2 rings (SSSR count). The number of thiophene rings is 1. The van der Waals surface area contributed by atoms with Crippen molar-refractivity contribution in [1.82, 2.24) is 15.5 Å². The summed E-state index contributed by atoms with van der Waals surface area (Å²) in [5.41, 5.74) is 0. The monoisotopic (exact) mass is 343 g/mol. The van der Waals surface area contributed by atoms with Crippen molar-refractivity contribution in [1.29, 1.82) is 0 Å². The predicted molar refractivity (Wildman–Crippen MR) is 89.3 cm³/mol. The fraction of sp³-hybridized carbons (Fsp3) is 0.600. The average molecular weight is 344 g/mol. The first kappa shape index (κ1) is 17.1. The fourth-order valence-corrected chi connectivity index (χ4v) is 3.52. The van der Waals surface area contributed by atoms with Gasteiger partial charge in [0.1, 0.15) is 0 Å². The Kier molecular flexibility index (Phi) is 6.51. The number of hydrogen-bond acceptors (Lipinski definition) is 3. The number of carbonyl (C=O) groups excluding carboxylic acids is 2. The van der Waals surface area contributed by atoms with Crippen molar-refractivity contribution in [2.45, 2.75) is 38.6 Å². The Morgan fingerprint density at radius 3 is 2.95 bits per heavy atom. The fourth-order valence-electron chi connectivity index (χ4n) is 2.46. The zero-order valence-electron chi connectivity index (χ0n) is 12.7. The smallest absolute Gasteiger partial charge is 0.315 e. The van der Waals surface area contributed by atoms with Gasteiger partial charge in [-0.1, -0.05) is 18.0 Å². The number of nitrogens with one attached hydrogen (secondary N) is 2. The Balaban J connectivity index is 1.70. The van der Waals surface area contributed by atoms with Crippen LogP contribution >= 0.6 is 22.9 Å². The zero-order chi connectivity index (χ0) is 15.9. The summed E-state index contributed by atoms with van der Waals surface area (Å²) in [4.78, 5) is 26.6. The van der Waals surface area contributed by atoms with Crippen LogP contribution in [0.3, 0.4) is 0 Å². The van der Waals surface area contributed by atoms with Crippen LogP contribution in [0.4, 0.5) is 4.79 Å². The lowest BCUT2D eigenvalue weighted by atomic mass is 10.2. The van der Waals surface area contributed by atoms with Crippen LogP contribution < -0.4 is 10.6 Å². The van der Waals surface area contributed by atoms with Crippen molar-refractivity contribution in [3.63, 3.8) is 0 Å². The normalized spacial score (nSPS) is 17.0. The Morgan fingerprint density at radius 1 is 1.41 bits per heavy atom. The lowest BCUT2D eigenvalue weighted by molar-refractivity contribution is -0.130. The lowest BCUT2D eigenvalue weighted by Crippen LogP contribution is -2.42.